The van der Waals surface area contributed by atoms with E-state index in [2.05, 4.69) is 25.5 Å². The predicted octanol–water partition coefficient (Wildman–Crippen LogP) is 2.68. The maximum atomic E-state index is 10.5. The molecule has 0 saturated carbocycles. The summed E-state index contributed by atoms with van der Waals surface area (Å²) in [6.45, 7) is 3.86. The molecular weight excluding hydrogens is 277 g/mol. The number of nitrogens with zero attached hydrogens (tertiary/aromatic N) is 1. The SMILES string of the molecule is CCCCCCCCCC[N+](C)(C)CCOP(=O)([O-])O. The van der Waals surface area contributed by atoms with Crippen LogP contribution < -0.4 is 4.89 Å². The van der Waals surface area contributed by atoms with Crippen molar-refractivity contribution in [2.45, 2.75) is 58.3 Å². The number of phosphoric acid groups is 1. The van der Waals surface area contributed by atoms with Crippen LogP contribution in [0.5, 0.6) is 0 Å². The topological polar surface area (TPSA) is 69.6 Å². The number of phosphoric ester groups is 1. The monoisotopic (exact) mass is 309 g/mol. The number of rotatable bonds is 13. The molecule has 0 aliphatic heterocycles. The first-order valence-electron chi connectivity index (χ1n) is 7.77. The Morgan fingerprint density at radius 1 is 1.00 bits per heavy atom. The third-order valence-corrected chi connectivity index (χ3v) is 4.08. The van der Waals surface area contributed by atoms with Crippen LogP contribution in [0, 0.1) is 0 Å². The fourth-order valence-electron chi connectivity index (χ4n) is 2.19. The van der Waals surface area contributed by atoms with E-state index in [9.17, 15) is 9.46 Å². The summed E-state index contributed by atoms with van der Waals surface area (Å²) in [6, 6.07) is 0. The number of hydrogen-bond donors (Lipinski definition) is 1. The van der Waals surface area contributed by atoms with Gasteiger partial charge in [0.15, 0.2) is 0 Å². The Morgan fingerprint density at radius 3 is 2.00 bits per heavy atom. The van der Waals surface area contributed by atoms with Crippen LogP contribution in [0.2, 0.25) is 0 Å². The molecule has 0 aromatic carbocycles. The third-order valence-electron chi connectivity index (χ3n) is 3.57. The first kappa shape index (κ1) is 20.1. The highest BCUT2D eigenvalue weighted by molar-refractivity contribution is 7.44. The molecule has 0 aromatic rings. The lowest BCUT2D eigenvalue weighted by Crippen LogP contribution is -2.43. The molecule has 0 aliphatic rings. The average molecular weight is 309 g/mol. The Morgan fingerprint density at radius 2 is 1.50 bits per heavy atom. The van der Waals surface area contributed by atoms with Gasteiger partial charge in [0.2, 0.25) is 0 Å². The van der Waals surface area contributed by atoms with Crippen LogP contribution >= 0.6 is 7.82 Å². The van der Waals surface area contributed by atoms with Gasteiger partial charge >= 0.3 is 0 Å². The Kier molecular flexibility index (Phi) is 10.8. The fraction of sp³-hybridized carbons (Fsp3) is 1.00. The molecule has 0 amide bonds. The minimum atomic E-state index is -4.56. The van der Waals surface area contributed by atoms with Crippen molar-refractivity contribution in [2.75, 3.05) is 33.8 Å². The highest BCUT2D eigenvalue weighted by Crippen LogP contribution is 2.29. The van der Waals surface area contributed by atoms with Gasteiger partial charge in [-0.05, 0) is 12.8 Å². The second-order valence-corrected chi connectivity index (χ2v) is 7.35. The molecule has 0 radical (unpaired) electrons. The largest absolute Gasteiger partial charge is 0.756 e. The van der Waals surface area contributed by atoms with E-state index >= 15 is 0 Å². The van der Waals surface area contributed by atoms with Gasteiger partial charge < -0.3 is 18.8 Å². The van der Waals surface area contributed by atoms with E-state index < -0.39 is 7.82 Å². The van der Waals surface area contributed by atoms with Crippen LogP contribution in [-0.4, -0.2) is 43.2 Å². The lowest BCUT2D eigenvalue weighted by Gasteiger charge is -2.30. The zero-order valence-electron chi connectivity index (χ0n) is 13.3. The van der Waals surface area contributed by atoms with E-state index in [0.717, 1.165) is 17.4 Å². The molecule has 5 nitrogen and oxygen atoms in total. The molecule has 20 heavy (non-hydrogen) atoms. The molecule has 1 atom stereocenters. The molecule has 0 aliphatic carbocycles. The molecule has 0 saturated heterocycles. The Balaban J connectivity index is 3.50. The minimum Gasteiger partial charge on any atom is -0.756 e. The maximum absolute atomic E-state index is 10.5. The zero-order chi connectivity index (χ0) is 15.5. The normalized spacial score (nSPS) is 15.2. The van der Waals surface area contributed by atoms with Crippen LogP contribution in [-0.2, 0) is 9.09 Å². The number of quaternary nitrogens is 1. The fourth-order valence-corrected chi connectivity index (χ4v) is 2.50. The van der Waals surface area contributed by atoms with Crippen LogP contribution in [0.25, 0.3) is 0 Å². The molecule has 0 heterocycles. The van der Waals surface area contributed by atoms with Crippen molar-refractivity contribution in [3.05, 3.63) is 0 Å². The highest BCUT2D eigenvalue weighted by atomic mass is 31.2. The molecule has 1 N–H and O–H groups in total. The van der Waals surface area contributed by atoms with Crippen LogP contribution in [0.15, 0.2) is 0 Å². The molecule has 0 spiro atoms. The Hall–Kier alpha value is 0.0700. The van der Waals surface area contributed by atoms with Crippen molar-refractivity contribution in [1.82, 2.24) is 0 Å². The zero-order valence-corrected chi connectivity index (χ0v) is 14.2. The van der Waals surface area contributed by atoms with Gasteiger partial charge in [-0.3, -0.25) is 4.57 Å². The summed E-state index contributed by atoms with van der Waals surface area (Å²) < 4.78 is 15.6. The van der Waals surface area contributed by atoms with Gasteiger partial charge in [0.25, 0.3) is 7.82 Å². The second-order valence-electron chi connectivity index (χ2n) is 6.16. The number of hydrogen-bond acceptors (Lipinski definition) is 3. The first-order chi connectivity index (χ1) is 9.27. The second kappa shape index (κ2) is 10.7. The van der Waals surface area contributed by atoms with E-state index in [1.165, 1.54) is 44.9 Å². The predicted molar refractivity (Wildman–Crippen MR) is 80.2 cm³/mol. The van der Waals surface area contributed by atoms with Gasteiger partial charge in [0.05, 0.1) is 20.6 Å². The van der Waals surface area contributed by atoms with Gasteiger partial charge in [-0.1, -0.05) is 45.4 Å². The van der Waals surface area contributed by atoms with Crippen molar-refractivity contribution < 1.29 is 23.4 Å². The van der Waals surface area contributed by atoms with Gasteiger partial charge in [0.1, 0.15) is 13.2 Å². The van der Waals surface area contributed by atoms with Gasteiger partial charge in [-0.2, -0.15) is 0 Å². The summed E-state index contributed by atoms with van der Waals surface area (Å²) >= 11 is 0. The quantitative estimate of drug-likeness (QED) is 0.323. The molecule has 0 aromatic heterocycles. The molecule has 0 rings (SSSR count). The van der Waals surface area contributed by atoms with Crippen LogP contribution in [0.3, 0.4) is 0 Å². The van der Waals surface area contributed by atoms with Crippen molar-refractivity contribution in [3.63, 3.8) is 0 Å². The average Bonchev–Trinajstić information content (AvgIpc) is 2.30. The van der Waals surface area contributed by atoms with Crippen molar-refractivity contribution >= 4 is 7.82 Å². The molecule has 0 bridgehead atoms. The number of likely N-dealkylation sites (N-methyl/N-ethyl adjacent to an activating group) is 1. The van der Waals surface area contributed by atoms with Crippen molar-refractivity contribution in [3.8, 4) is 0 Å². The minimum absolute atomic E-state index is 0.0430. The van der Waals surface area contributed by atoms with E-state index in [1.807, 2.05) is 0 Å². The molecule has 0 fully saturated rings. The summed E-state index contributed by atoms with van der Waals surface area (Å²) in [7, 11) is -0.455. The van der Waals surface area contributed by atoms with Gasteiger partial charge in [-0.15, -0.1) is 0 Å². The molecule has 122 valence electrons. The van der Waals surface area contributed by atoms with E-state index in [4.69, 9.17) is 4.89 Å². The summed E-state index contributed by atoms with van der Waals surface area (Å²) in [6.07, 6.45) is 10.3. The number of unbranched alkanes of at least 4 members (excludes halogenated alkanes) is 7. The van der Waals surface area contributed by atoms with Crippen molar-refractivity contribution in [1.29, 1.82) is 0 Å². The lowest BCUT2D eigenvalue weighted by molar-refractivity contribution is -0.890. The van der Waals surface area contributed by atoms with E-state index in [0.29, 0.717) is 6.54 Å². The summed E-state index contributed by atoms with van der Waals surface area (Å²) in [5.41, 5.74) is 0. The van der Waals surface area contributed by atoms with Crippen LogP contribution in [0.4, 0.5) is 0 Å². The maximum Gasteiger partial charge on any atom is 0.265 e. The highest BCUT2D eigenvalue weighted by Gasteiger charge is 2.15. The van der Waals surface area contributed by atoms with E-state index in [1.54, 1.807) is 0 Å². The van der Waals surface area contributed by atoms with E-state index in [-0.39, 0.29) is 6.61 Å². The third kappa shape index (κ3) is 14.5. The summed E-state index contributed by atoms with van der Waals surface area (Å²) in [5, 5.41) is 0. The first-order valence-corrected chi connectivity index (χ1v) is 9.27. The van der Waals surface area contributed by atoms with Gasteiger partial charge in [0, 0.05) is 0 Å². The summed E-state index contributed by atoms with van der Waals surface area (Å²) in [4.78, 5) is 19.0. The van der Waals surface area contributed by atoms with Crippen molar-refractivity contribution in [2.24, 2.45) is 0 Å². The molecule has 1 unspecified atom stereocenters. The standard InChI is InChI=1S/C14H32NO4P/c1-4-5-6-7-8-9-10-11-12-15(2,3)13-14-19-20(16,17)18/h4-14H2,1-3H3,(H-,16,17,18). The van der Waals surface area contributed by atoms with Crippen LogP contribution in [0.1, 0.15) is 58.3 Å². The Bertz CT molecular complexity index is 278. The summed E-state index contributed by atoms with van der Waals surface area (Å²) in [5.74, 6) is 0. The smallest absolute Gasteiger partial charge is 0.265 e. The van der Waals surface area contributed by atoms with Gasteiger partial charge in [-0.25, -0.2) is 0 Å². The Labute approximate surface area is 124 Å². The lowest BCUT2D eigenvalue weighted by atomic mass is 10.1. The molecular formula is C14H32NO4P. The molecule has 6 heteroatoms.